The van der Waals surface area contributed by atoms with Crippen LogP contribution in [-0.2, 0) is 0 Å². The molecule has 5 rings (SSSR count). The summed E-state index contributed by atoms with van der Waals surface area (Å²) in [5, 5.41) is 0. The van der Waals surface area contributed by atoms with Gasteiger partial charge < -0.3 is 4.74 Å². The van der Waals surface area contributed by atoms with Gasteiger partial charge in [0.15, 0.2) is 0 Å². The summed E-state index contributed by atoms with van der Waals surface area (Å²) in [6.07, 6.45) is 4.89. The largest absolute Gasteiger partial charge is 0.497 e. The summed E-state index contributed by atoms with van der Waals surface area (Å²) in [4.78, 5) is 0. The van der Waals surface area contributed by atoms with Gasteiger partial charge in [-0.3, -0.25) is 0 Å². The summed E-state index contributed by atoms with van der Waals surface area (Å²) in [5.41, 5.74) is 3.24. The Morgan fingerprint density at radius 2 is 1.81 bits per heavy atom. The number of hydrogen-bond acceptors (Lipinski definition) is 1. The minimum absolute atomic E-state index is 0.853. The van der Waals surface area contributed by atoms with Gasteiger partial charge in [-0.05, 0) is 58.8 Å². The number of ether oxygens (including phenoxy) is 1. The third-order valence-corrected chi connectivity index (χ3v) is 5.42. The summed E-state index contributed by atoms with van der Waals surface area (Å²) in [7, 11) is 1.76. The first kappa shape index (κ1) is 7.94. The van der Waals surface area contributed by atoms with Gasteiger partial charge in [0.2, 0.25) is 0 Å². The number of methoxy groups -OCH3 is 1. The van der Waals surface area contributed by atoms with Crippen molar-refractivity contribution in [3.05, 3.63) is 41.5 Å². The molecule has 1 aromatic rings. The lowest BCUT2D eigenvalue weighted by Gasteiger charge is -2.28. The fraction of sp³-hybridized carbons (Fsp3) is 0.467. The molecule has 0 N–H and O–H groups in total. The number of benzene rings is 1. The summed E-state index contributed by atoms with van der Waals surface area (Å²) in [6, 6.07) is 6.74. The average Bonchev–Trinajstić information content (AvgIpc) is 2.82. The summed E-state index contributed by atoms with van der Waals surface area (Å²) >= 11 is 0. The minimum Gasteiger partial charge on any atom is -0.497 e. The van der Waals surface area contributed by atoms with Gasteiger partial charge in [-0.15, -0.1) is 0 Å². The first-order valence-electron chi connectivity index (χ1n) is 6.26. The highest BCUT2D eigenvalue weighted by Crippen LogP contribution is 2.80. The predicted octanol–water partition coefficient (Wildman–Crippen LogP) is 2.94. The zero-order valence-electron chi connectivity index (χ0n) is 9.26. The third kappa shape index (κ3) is 0.634. The molecule has 0 bridgehead atoms. The Hall–Kier alpha value is -1.24. The van der Waals surface area contributed by atoms with Gasteiger partial charge in [-0.25, -0.2) is 0 Å². The lowest BCUT2D eigenvalue weighted by atomic mass is 9.76. The van der Waals surface area contributed by atoms with Gasteiger partial charge in [0.25, 0.3) is 0 Å². The second-order valence-electron chi connectivity index (χ2n) is 5.74. The molecule has 16 heavy (non-hydrogen) atoms. The molecule has 2 fully saturated rings. The van der Waals surface area contributed by atoms with E-state index in [1.54, 1.807) is 18.2 Å². The zero-order valence-corrected chi connectivity index (χ0v) is 9.26. The van der Waals surface area contributed by atoms with Crippen molar-refractivity contribution in [3.8, 4) is 5.75 Å². The molecule has 80 valence electrons. The topological polar surface area (TPSA) is 9.23 Å². The second-order valence-corrected chi connectivity index (χ2v) is 5.74. The zero-order chi connectivity index (χ0) is 10.4. The minimum atomic E-state index is 0.853. The molecule has 0 aliphatic heterocycles. The number of hydrogen-bond donors (Lipinski definition) is 0. The van der Waals surface area contributed by atoms with Gasteiger partial charge in [0.1, 0.15) is 5.75 Å². The van der Waals surface area contributed by atoms with E-state index in [1.807, 2.05) is 0 Å². The van der Waals surface area contributed by atoms with Crippen LogP contribution in [0.4, 0.5) is 0 Å². The monoisotopic (exact) mass is 210 g/mol. The fourth-order valence-corrected chi connectivity index (χ4v) is 4.79. The van der Waals surface area contributed by atoms with Crippen LogP contribution in [-0.4, -0.2) is 7.11 Å². The van der Waals surface area contributed by atoms with E-state index in [2.05, 4.69) is 30.4 Å². The Balaban J connectivity index is 1.71. The molecule has 2 saturated carbocycles. The van der Waals surface area contributed by atoms with Crippen LogP contribution in [0.15, 0.2) is 30.4 Å². The number of fused-ring (bicyclic) bond motifs is 7. The molecule has 0 saturated heterocycles. The van der Waals surface area contributed by atoms with E-state index in [0.29, 0.717) is 0 Å². The Labute approximate surface area is 95.1 Å². The van der Waals surface area contributed by atoms with Crippen molar-refractivity contribution in [3.63, 3.8) is 0 Å². The van der Waals surface area contributed by atoms with Crippen LogP contribution in [0.2, 0.25) is 0 Å². The Kier molecular flexibility index (Phi) is 1.10. The van der Waals surface area contributed by atoms with Crippen LogP contribution >= 0.6 is 0 Å². The van der Waals surface area contributed by atoms with E-state index >= 15 is 0 Å². The lowest BCUT2D eigenvalue weighted by molar-refractivity contribution is 0.398. The SMILES string of the molecule is COc1ccc2c(c1)[C@@H]1[C@H]3[C@@H]2[C@H]2C=C[C@@H]2[C@H]13. The van der Waals surface area contributed by atoms with Crippen molar-refractivity contribution in [2.75, 3.05) is 7.11 Å². The second kappa shape index (κ2) is 2.22. The van der Waals surface area contributed by atoms with Crippen LogP contribution in [0, 0.1) is 23.7 Å². The van der Waals surface area contributed by atoms with Gasteiger partial charge in [-0.2, -0.15) is 0 Å². The standard InChI is InChI=1S/C15H14O/c1-16-7-2-3-10-11(6-7)14-13-9-5-4-8(9)12(10)15(13)14/h2-6,8-9,12-15H,1H3/t8-,9-,12+,13+,14-,15-/m0/s1. The van der Waals surface area contributed by atoms with E-state index < -0.39 is 0 Å². The van der Waals surface area contributed by atoms with Crippen molar-refractivity contribution in [2.24, 2.45) is 23.7 Å². The Bertz CT molecular complexity index is 530. The van der Waals surface area contributed by atoms with Crippen molar-refractivity contribution in [1.82, 2.24) is 0 Å². The van der Waals surface area contributed by atoms with Crippen LogP contribution in [0.5, 0.6) is 5.75 Å². The normalized spacial score (nSPS) is 48.1. The fourth-order valence-electron chi connectivity index (χ4n) is 4.79. The van der Waals surface area contributed by atoms with E-state index in [-0.39, 0.29) is 0 Å². The molecule has 1 nitrogen and oxygen atoms in total. The molecule has 1 aromatic carbocycles. The number of rotatable bonds is 1. The molecule has 0 spiro atoms. The summed E-state index contributed by atoms with van der Waals surface area (Å²) in [5.74, 6) is 6.52. The Morgan fingerprint density at radius 1 is 0.938 bits per heavy atom. The van der Waals surface area contributed by atoms with Gasteiger partial charge in [-0.1, -0.05) is 18.2 Å². The van der Waals surface area contributed by atoms with Crippen molar-refractivity contribution in [1.29, 1.82) is 0 Å². The highest BCUT2D eigenvalue weighted by atomic mass is 16.5. The molecule has 6 atom stereocenters. The molecule has 0 unspecified atom stereocenters. The lowest BCUT2D eigenvalue weighted by Crippen LogP contribution is -2.20. The number of allylic oxidation sites excluding steroid dienone is 2. The highest BCUT2D eigenvalue weighted by molar-refractivity contribution is 5.55. The van der Waals surface area contributed by atoms with Gasteiger partial charge in [0.05, 0.1) is 7.11 Å². The van der Waals surface area contributed by atoms with Crippen molar-refractivity contribution < 1.29 is 4.74 Å². The molecule has 0 amide bonds. The molecule has 0 heterocycles. The summed E-state index contributed by atoms with van der Waals surface area (Å²) in [6.45, 7) is 0. The van der Waals surface area contributed by atoms with Crippen LogP contribution < -0.4 is 4.74 Å². The third-order valence-electron chi connectivity index (χ3n) is 5.42. The molecule has 0 aromatic heterocycles. The predicted molar refractivity (Wildman–Crippen MR) is 61.6 cm³/mol. The quantitative estimate of drug-likeness (QED) is 0.647. The Morgan fingerprint density at radius 3 is 2.56 bits per heavy atom. The maximum absolute atomic E-state index is 5.35. The van der Waals surface area contributed by atoms with Crippen LogP contribution in [0.1, 0.15) is 23.0 Å². The van der Waals surface area contributed by atoms with Gasteiger partial charge >= 0.3 is 0 Å². The average molecular weight is 210 g/mol. The highest BCUT2D eigenvalue weighted by Gasteiger charge is 2.71. The van der Waals surface area contributed by atoms with Crippen LogP contribution in [0.3, 0.4) is 0 Å². The smallest absolute Gasteiger partial charge is 0.119 e. The van der Waals surface area contributed by atoms with Crippen LogP contribution in [0.25, 0.3) is 0 Å². The van der Waals surface area contributed by atoms with E-state index in [4.69, 9.17) is 4.74 Å². The maximum Gasteiger partial charge on any atom is 0.119 e. The molecule has 4 aliphatic carbocycles. The van der Waals surface area contributed by atoms with E-state index in [9.17, 15) is 0 Å². The van der Waals surface area contributed by atoms with E-state index in [1.165, 1.54) is 0 Å². The van der Waals surface area contributed by atoms with Crippen molar-refractivity contribution in [2.45, 2.75) is 11.8 Å². The maximum atomic E-state index is 5.35. The van der Waals surface area contributed by atoms with E-state index in [0.717, 1.165) is 41.3 Å². The van der Waals surface area contributed by atoms with Crippen molar-refractivity contribution >= 4 is 0 Å². The molecule has 0 radical (unpaired) electrons. The molecule has 1 heteroatoms. The molecular formula is C15H14O. The summed E-state index contributed by atoms with van der Waals surface area (Å²) < 4.78 is 5.35. The first-order valence-corrected chi connectivity index (χ1v) is 6.26. The first-order chi connectivity index (χ1) is 7.90. The molecule has 4 aliphatic rings. The van der Waals surface area contributed by atoms with Gasteiger partial charge in [0, 0.05) is 0 Å². The molecular weight excluding hydrogens is 196 g/mol.